The molecule has 2 rings (SSSR count). The summed E-state index contributed by atoms with van der Waals surface area (Å²) in [6.07, 6.45) is 0.793. The number of hydrogen-bond donors (Lipinski definition) is 1. The van der Waals surface area contributed by atoms with Gasteiger partial charge >= 0.3 is 0 Å². The van der Waals surface area contributed by atoms with Crippen LogP contribution in [0.1, 0.15) is 11.4 Å². The number of nitro benzene ring substituents is 1. The van der Waals surface area contributed by atoms with Crippen LogP contribution in [0, 0.1) is 17.0 Å². The fourth-order valence-corrected chi connectivity index (χ4v) is 2.81. The van der Waals surface area contributed by atoms with Gasteiger partial charge in [-0.15, -0.1) is 11.3 Å². The lowest BCUT2D eigenvalue weighted by molar-refractivity contribution is -0.384. The van der Waals surface area contributed by atoms with Gasteiger partial charge in [-0.2, -0.15) is 0 Å². The summed E-state index contributed by atoms with van der Waals surface area (Å²) in [5, 5.41) is 12.1. The molecule has 0 bridgehead atoms. The van der Waals surface area contributed by atoms with Crippen molar-refractivity contribution in [1.29, 1.82) is 0 Å². The van der Waals surface area contributed by atoms with E-state index in [1.807, 2.05) is 18.9 Å². The molecule has 0 unspecified atom stereocenters. The molecule has 2 N–H and O–H groups in total. The highest BCUT2D eigenvalue weighted by Gasteiger charge is 2.19. The third-order valence-electron chi connectivity index (χ3n) is 2.90. The molecule has 0 spiro atoms. The van der Waals surface area contributed by atoms with Gasteiger partial charge in [-0.3, -0.25) is 10.1 Å². The molecule has 19 heavy (non-hydrogen) atoms. The van der Waals surface area contributed by atoms with E-state index in [2.05, 4.69) is 4.98 Å². The van der Waals surface area contributed by atoms with E-state index in [1.165, 1.54) is 11.3 Å². The highest BCUT2D eigenvalue weighted by Crippen LogP contribution is 2.34. The van der Waals surface area contributed by atoms with E-state index in [9.17, 15) is 10.1 Å². The number of thiazole rings is 1. The molecule has 0 saturated carbocycles. The first kappa shape index (κ1) is 13.7. The second kappa shape index (κ2) is 5.50. The molecular formula is C12H16N4O2S. The molecule has 0 radical (unpaired) electrons. The van der Waals surface area contributed by atoms with E-state index in [1.54, 1.807) is 12.1 Å². The summed E-state index contributed by atoms with van der Waals surface area (Å²) >= 11 is 1.47. The average Bonchev–Trinajstić information content (AvgIpc) is 2.73. The topological polar surface area (TPSA) is 85.3 Å². The summed E-state index contributed by atoms with van der Waals surface area (Å²) in [7, 11) is 1.84. The molecule has 1 aromatic heterocycles. The minimum Gasteiger partial charge on any atom is -0.369 e. The molecule has 0 fully saturated rings. The molecule has 6 nitrogen and oxygen atoms in total. The Morgan fingerprint density at radius 1 is 1.53 bits per heavy atom. The van der Waals surface area contributed by atoms with Gasteiger partial charge in [0.2, 0.25) is 0 Å². The summed E-state index contributed by atoms with van der Waals surface area (Å²) in [5.41, 5.74) is 7.00. The summed E-state index contributed by atoms with van der Waals surface area (Å²) in [5.74, 6) is 0. The van der Waals surface area contributed by atoms with Gasteiger partial charge in [-0.05, 0) is 26.0 Å². The summed E-state index contributed by atoms with van der Waals surface area (Å²) in [6.45, 7) is 3.15. The number of hydrogen-bond acceptors (Lipinski definition) is 6. The maximum atomic E-state index is 11.2. The predicted molar refractivity (Wildman–Crippen MR) is 78.0 cm³/mol. The van der Waals surface area contributed by atoms with Gasteiger partial charge in [0.05, 0.1) is 20.1 Å². The van der Waals surface area contributed by atoms with Crippen LogP contribution in [-0.4, -0.2) is 30.0 Å². The number of benzene rings is 1. The summed E-state index contributed by atoms with van der Waals surface area (Å²) < 4.78 is 0.847. The van der Waals surface area contributed by atoms with Gasteiger partial charge in [-0.25, -0.2) is 4.98 Å². The molecule has 0 amide bonds. The Kier molecular flexibility index (Phi) is 3.96. The molecule has 1 heterocycles. The second-order valence-corrected chi connectivity index (χ2v) is 5.60. The zero-order chi connectivity index (χ0) is 14.0. The van der Waals surface area contributed by atoms with Crippen LogP contribution in [0.4, 0.5) is 11.4 Å². The quantitative estimate of drug-likeness (QED) is 0.671. The third-order valence-corrected chi connectivity index (χ3v) is 3.83. The Hall–Kier alpha value is -1.73. The Labute approximate surface area is 115 Å². The van der Waals surface area contributed by atoms with E-state index in [4.69, 9.17) is 5.73 Å². The average molecular weight is 280 g/mol. The highest BCUT2D eigenvalue weighted by molar-refractivity contribution is 7.18. The van der Waals surface area contributed by atoms with Crippen molar-refractivity contribution in [3.05, 3.63) is 27.3 Å². The van der Waals surface area contributed by atoms with Crippen molar-refractivity contribution in [2.75, 3.05) is 25.0 Å². The summed E-state index contributed by atoms with van der Waals surface area (Å²) in [4.78, 5) is 17.1. The Bertz CT molecular complexity index is 611. The first-order chi connectivity index (χ1) is 9.02. The largest absolute Gasteiger partial charge is 0.369 e. The van der Waals surface area contributed by atoms with Crippen molar-refractivity contribution in [1.82, 2.24) is 4.98 Å². The molecule has 2 aromatic rings. The van der Waals surface area contributed by atoms with Crippen molar-refractivity contribution < 1.29 is 4.92 Å². The van der Waals surface area contributed by atoms with Gasteiger partial charge in [0.15, 0.2) is 0 Å². The molecule has 0 atom stereocenters. The molecule has 0 saturated heterocycles. The van der Waals surface area contributed by atoms with Crippen molar-refractivity contribution in [3.8, 4) is 0 Å². The van der Waals surface area contributed by atoms with Gasteiger partial charge in [0.1, 0.15) is 5.69 Å². The maximum absolute atomic E-state index is 11.2. The van der Waals surface area contributed by atoms with Crippen molar-refractivity contribution in [2.45, 2.75) is 13.3 Å². The zero-order valence-electron chi connectivity index (χ0n) is 10.9. The molecule has 0 aliphatic heterocycles. The fraction of sp³-hybridized carbons (Fsp3) is 0.417. The molecule has 1 aromatic carbocycles. The number of aryl methyl sites for hydroxylation is 1. The van der Waals surface area contributed by atoms with E-state index >= 15 is 0 Å². The smallest absolute Gasteiger partial charge is 0.294 e. The number of nitrogens with zero attached hydrogens (tertiary/aromatic N) is 3. The second-order valence-electron chi connectivity index (χ2n) is 4.36. The van der Waals surface area contributed by atoms with E-state index in [0.717, 1.165) is 21.6 Å². The van der Waals surface area contributed by atoms with Gasteiger partial charge in [0.25, 0.3) is 5.69 Å². The number of aromatic nitrogens is 1. The van der Waals surface area contributed by atoms with Crippen LogP contribution in [-0.2, 0) is 0 Å². The standard InChI is InChI=1S/C12H16N4O2S/c1-8-14-9-6-10(15(2)5-3-4-13)11(16(17)18)7-12(9)19-8/h6-7H,3-5,13H2,1-2H3. The van der Waals surface area contributed by atoms with Gasteiger partial charge in [0, 0.05) is 19.7 Å². The van der Waals surface area contributed by atoms with Crippen LogP contribution in [0.5, 0.6) is 0 Å². The Balaban J connectivity index is 2.49. The number of rotatable bonds is 5. The zero-order valence-corrected chi connectivity index (χ0v) is 11.7. The van der Waals surface area contributed by atoms with Gasteiger partial charge in [-0.1, -0.05) is 0 Å². The predicted octanol–water partition coefficient (Wildman–Crippen LogP) is 2.30. The normalized spacial score (nSPS) is 10.9. The van der Waals surface area contributed by atoms with E-state index in [-0.39, 0.29) is 10.6 Å². The fourth-order valence-electron chi connectivity index (χ4n) is 1.97. The molecular weight excluding hydrogens is 264 g/mol. The number of anilines is 1. The first-order valence-corrected chi connectivity index (χ1v) is 6.81. The maximum Gasteiger partial charge on any atom is 0.294 e. The monoisotopic (exact) mass is 280 g/mol. The molecule has 7 heteroatoms. The Morgan fingerprint density at radius 2 is 2.26 bits per heavy atom. The molecule has 102 valence electrons. The van der Waals surface area contributed by atoms with Crippen molar-refractivity contribution >= 4 is 32.9 Å². The third kappa shape index (κ3) is 2.82. The Morgan fingerprint density at radius 3 is 2.89 bits per heavy atom. The van der Waals surface area contributed by atoms with E-state index < -0.39 is 0 Å². The minimum atomic E-state index is -0.344. The van der Waals surface area contributed by atoms with Crippen LogP contribution in [0.25, 0.3) is 10.2 Å². The van der Waals surface area contributed by atoms with Crippen LogP contribution >= 0.6 is 11.3 Å². The molecule has 0 aliphatic rings. The lowest BCUT2D eigenvalue weighted by Gasteiger charge is -2.18. The van der Waals surface area contributed by atoms with Crippen molar-refractivity contribution in [3.63, 3.8) is 0 Å². The number of fused-ring (bicyclic) bond motifs is 1. The SMILES string of the molecule is Cc1nc2cc(N(C)CCCN)c([N+](=O)[O-])cc2s1. The van der Waals surface area contributed by atoms with Crippen LogP contribution in [0.3, 0.4) is 0 Å². The van der Waals surface area contributed by atoms with Crippen LogP contribution < -0.4 is 10.6 Å². The summed E-state index contributed by atoms with van der Waals surface area (Å²) in [6, 6.07) is 3.39. The molecule has 0 aliphatic carbocycles. The van der Waals surface area contributed by atoms with Crippen molar-refractivity contribution in [2.24, 2.45) is 5.73 Å². The lowest BCUT2D eigenvalue weighted by atomic mass is 10.2. The first-order valence-electron chi connectivity index (χ1n) is 5.99. The minimum absolute atomic E-state index is 0.121. The lowest BCUT2D eigenvalue weighted by Crippen LogP contribution is -2.21. The van der Waals surface area contributed by atoms with E-state index in [0.29, 0.717) is 18.8 Å². The highest BCUT2D eigenvalue weighted by atomic mass is 32.1. The van der Waals surface area contributed by atoms with Gasteiger partial charge < -0.3 is 10.6 Å². The number of nitrogens with two attached hydrogens (primary N) is 1. The van der Waals surface area contributed by atoms with Crippen LogP contribution in [0.2, 0.25) is 0 Å². The number of nitro groups is 1. The van der Waals surface area contributed by atoms with Crippen LogP contribution in [0.15, 0.2) is 12.1 Å².